The van der Waals surface area contributed by atoms with Gasteiger partial charge in [-0.1, -0.05) is 45.4 Å². The predicted octanol–water partition coefficient (Wildman–Crippen LogP) is 7.26. The molecule has 4 aliphatic rings. The van der Waals surface area contributed by atoms with Crippen LogP contribution in [0.4, 0.5) is 19.4 Å². The van der Waals surface area contributed by atoms with Crippen LogP contribution in [0.1, 0.15) is 104 Å². The number of nitrogens with zero attached hydrogens (tertiary/aromatic N) is 1. The van der Waals surface area contributed by atoms with Gasteiger partial charge in [0.2, 0.25) is 0 Å². The van der Waals surface area contributed by atoms with Crippen LogP contribution in [0.15, 0.2) is 29.2 Å². The van der Waals surface area contributed by atoms with Gasteiger partial charge in [0.25, 0.3) is 0 Å². The van der Waals surface area contributed by atoms with E-state index in [-0.39, 0.29) is 17.9 Å². The van der Waals surface area contributed by atoms with Gasteiger partial charge in [-0.15, -0.1) is 0 Å². The number of halogens is 5. The standard InChI is InChI=1S/C28H34F5NO5S/c1-27(2)15-19(35)20-22-21(23(34-24(20)26(27)36)16-7-11-37-12-8-16)25(39-28(22)9-13-38-14-10-28)17-3-5-18(6-4-17)40(29,30,31,32)33/h3-6,16,19,25-26,35-36H,7-15H2,1-2H3/t19?,25-,26+/m1/s1. The summed E-state index contributed by atoms with van der Waals surface area (Å²) in [5.74, 6) is -0.0766. The summed E-state index contributed by atoms with van der Waals surface area (Å²) < 4.78 is 85.5. The van der Waals surface area contributed by atoms with Gasteiger partial charge in [0, 0.05) is 56.3 Å². The topological polar surface area (TPSA) is 81.0 Å². The molecule has 1 spiro atoms. The smallest absolute Gasteiger partial charge is 0.310 e. The van der Waals surface area contributed by atoms with Crippen LogP contribution in [-0.2, 0) is 19.8 Å². The van der Waals surface area contributed by atoms with Crippen molar-refractivity contribution in [2.24, 2.45) is 5.41 Å². The summed E-state index contributed by atoms with van der Waals surface area (Å²) in [6.45, 7) is 5.47. The van der Waals surface area contributed by atoms with Gasteiger partial charge < -0.3 is 24.4 Å². The summed E-state index contributed by atoms with van der Waals surface area (Å²) in [5, 5.41) is 22.9. The second-order valence-corrected chi connectivity index (χ2v) is 14.6. The monoisotopic (exact) mass is 591 g/mol. The second kappa shape index (κ2) is 8.61. The molecule has 1 aromatic carbocycles. The zero-order chi connectivity index (χ0) is 28.8. The number of aliphatic hydroxyl groups excluding tert-OH is 2. The van der Waals surface area contributed by atoms with E-state index in [2.05, 4.69) is 0 Å². The van der Waals surface area contributed by atoms with Gasteiger partial charge >= 0.3 is 10.2 Å². The fourth-order valence-corrected chi connectivity index (χ4v) is 7.52. The lowest BCUT2D eigenvalue weighted by molar-refractivity contribution is -0.123. The maximum absolute atomic E-state index is 13.5. The third kappa shape index (κ3) is 4.64. The van der Waals surface area contributed by atoms with E-state index in [0.717, 1.165) is 12.1 Å². The molecule has 4 heterocycles. The molecule has 6 rings (SSSR count). The summed E-state index contributed by atoms with van der Waals surface area (Å²) in [7, 11) is -9.86. The molecule has 1 aromatic heterocycles. The fourth-order valence-electron chi connectivity index (χ4n) is 6.86. The highest BCUT2D eigenvalue weighted by molar-refractivity contribution is 8.45. The molecular weight excluding hydrogens is 557 g/mol. The quantitative estimate of drug-likeness (QED) is 0.366. The molecule has 2 aromatic rings. The lowest BCUT2D eigenvalue weighted by Gasteiger charge is -2.42. The zero-order valence-electron chi connectivity index (χ0n) is 22.3. The molecule has 2 fully saturated rings. The SMILES string of the molecule is CC1(C)CC(O)c2c(nc(C3CCOCC3)c3c2C2(CCOCC2)O[C@@H]3c2ccc(S(F)(F)(F)(F)F)cc2)[C@@H]1O. The average Bonchev–Trinajstić information content (AvgIpc) is 3.20. The highest BCUT2D eigenvalue weighted by atomic mass is 32.5. The molecule has 222 valence electrons. The number of aliphatic hydroxyl groups is 2. The number of pyridine rings is 1. The van der Waals surface area contributed by atoms with Crippen LogP contribution in [0.5, 0.6) is 0 Å². The van der Waals surface area contributed by atoms with Crippen LogP contribution in [0.25, 0.3) is 0 Å². The Balaban J connectivity index is 1.60. The van der Waals surface area contributed by atoms with Crippen molar-refractivity contribution in [3.8, 4) is 0 Å². The maximum atomic E-state index is 13.5. The molecule has 0 amide bonds. The summed E-state index contributed by atoms with van der Waals surface area (Å²) >= 11 is 0. The Kier molecular flexibility index (Phi) is 6.09. The van der Waals surface area contributed by atoms with E-state index in [1.54, 1.807) is 0 Å². The van der Waals surface area contributed by atoms with E-state index in [1.807, 2.05) is 13.8 Å². The largest absolute Gasteiger partial charge is 0.388 e. The van der Waals surface area contributed by atoms with Crippen molar-refractivity contribution < 1.29 is 43.9 Å². The number of ether oxygens (including phenoxy) is 3. The van der Waals surface area contributed by atoms with Gasteiger partial charge in [0.15, 0.2) is 0 Å². The molecule has 0 radical (unpaired) electrons. The fraction of sp³-hybridized carbons (Fsp3) is 0.607. The van der Waals surface area contributed by atoms with E-state index < -0.39 is 44.4 Å². The number of fused-ring (bicyclic) bond motifs is 4. The Morgan fingerprint density at radius 3 is 2.05 bits per heavy atom. The van der Waals surface area contributed by atoms with Crippen LogP contribution in [-0.4, -0.2) is 41.6 Å². The van der Waals surface area contributed by atoms with E-state index in [4.69, 9.17) is 19.2 Å². The predicted molar refractivity (Wildman–Crippen MR) is 138 cm³/mol. The van der Waals surface area contributed by atoms with Crippen molar-refractivity contribution in [1.82, 2.24) is 4.98 Å². The van der Waals surface area contributed by atoms with Crippen LogP contribution in [0, 0.1) is 5.41 Å². The van der Waals surface area contributed by atoms with Crippen LogP contribution in [0.3, 0.4) is 0 Å². The number of benzene rings is 1. The Labute approximate surface area is 229 Å². The van der Waals surface area contributed by atoms with Gasteiger partial charge in [-0.25, -0.2) is 0 Å². The molecule has 2 saturated heterocycles. The first-order valence-electron chi connectivity index (χ1n) is 13.6. The van der Waals surface area contributed by atoms with Crippen molar-refractivity contribution in [2.45, 2.75) is 80.7 Å². The number of hydrogen-bond donors (Lipinski definition) is 2. The van der Waals surface area contributed by atoms with Gasteiger partial charge in [0.05, 0.1) is 23.1 Å². The Bertz CT molecular complexity index is 1320. The molecule has 12 heteroatoms. The lowest BCUT2D eigenvalue weighted by Crippen LogP contribution is -2.38. The molecule has 0 saturated carbocycles. The Morgan fingerprint density at radius 1 is 0.850 bits per heavy atom. The maximum Gasteiger partial charge on any atom is 0.310 e. The lowest BCUT2D eigenvalue weighted by atomic mass is 9.68. The first-order valence-corrected chi connectivity index (χ1v) is 15.6. The van der Waals surface area contributed by atoms with Crippen molar-refractivity contribution in [1.29, 1.82) is 0 Å². The summed E-state index contributed by atoms with van der Waals surface area (Å²) in [4.78, 5) is 3.04. The Morgan fingerprint density at radius 2 is 1.45 bits per heavy atom. The highest BCUT2D eigenvalue weighted by Crippen LogP contribution is 3.02. The van der Waals surface area contributed by atoms with Crippen molar-refractivity contribution in [2.75, 3.05) is 26.4 Å². The third-order valence-electron chi connectivity index (χ3n) is 8.98. The normalized spacial score (nSPS) is 29.9. The van der Waals surface area contributed by atoms with Crippen LogP contribution in [0.2, 0.25) is 0 Å². The molecule has 2 N–H and O–H groups in total. The molecule has 0 bridgehead atoms. The van der Waals surface area contributed by atoms with E-state index in [9.17, 15) is 29.6 Å². The molecule has 6 nitrogen and oxygen atoms in total. The molecule has 40 heavy (non-hydrogen) atoms. The van der Waals surface area contributed by atoms with Crippen LogP contribution >= 0.6 is 10.2 Å². The molecule has 3 aliphatic heterocycles. The number of rotatable bonds is 3. The third-order valence-corrected chi connectivity index (χ3v) is 10.1. The van der Waals surface area contributed by atoms with Gasteiger partial charge in [0.1, 0.15) is 17.1 Å². The van der Waals surface area contributed by atoms with E-state index in [0.29, 0.717) is 92.3 Å². The second-order valence-electron chi connectivity index (χ2n) is 12.2. The van der Waals surface area contributed by atoms with Crippen LogP contribution < -0.4 is 0 Å². The molecule has 1 aliphatic carbocycles. The first-order chi connectivity index (χ1) is 18.5. The highest BCUT2D eigenvalue weighted by Gasteiger charge is 2.65. The molecular formula is C28H34F5NO5S. The minimum absolute atomic E-state index is 0.0766. The van der Waals surface area contributed by atoms with E-state index in [1.165, 1.54) is 0 Å². The number of hydrogen-bond acceptors (Lipinski definition) is 6. The Hall–Kier alpha value is -1.83. The summed E-state index contributed by atoms with van der Waals surface area (Å²) in [5.41, 5.74) is 1.63. The van der Waals surface area contributed by atoms with Crippen molar-refractivity contribution in [3.05, 3.63) is 57.9 Å². The minimum atomic E-state index is -9.86. The van der Waals surface area contributed by atoms with E-state index >= 15 is 0 Å². The number of aromatic nitrogens is 1. The summed E-state index contributed by atoms with van der Waals surface area (Å²) in [6.07, 6.45) is -0.374. The molecule has 3 atom stereocenters. The average molecular weight is 592 g/mol. The minimum Gasteiger partial charge on any atom is -0.388 e. The van der Waals surface area contributed by atoms with Gasteiger partial charge in [-0.2, -0.15) is 0 Å². The van der Waals surface area contributed by atoms with Crippen molar-refractivity contribution in [3.63, 3.8) is 0 Å². The van der Waals surface area contributed by atoms with Gasteiger partial charge in [-0.05, 0) is 47.9 Å². The molecule has 1 unspecified atom stereocenters. The first kappa shape index (κ1) is 28.3. The van der Waals surface area contributed by atoms with Crippen molar-refractivity contribution >= 4 is 10.2 Å². The zero-order valence-corrected chi connectivity index (χ0v) is 23.2. The van der Waals surface area contributed by atoms with Gasteiger partial charge in [-0.3, -0.25) is 4.98 Å². The summed E-state index contributed by atoms with van der Waals surface area (Å²) in [6, 6.07) is 2.91.